The fourth-order valence-electron chi connectivity index (χ4n) is 7.94. The molecule has 8 nitrogen and oxygen atoms in total. The number of rotatable bonds is 11. The number of hydrogen-bond donors (Lipinski definition) is 3. The molecule has 3 fully saturated rings. The van der Waals surface area contributed by atoms with Crippen LogP contribution < -0.4 is 15.4 Å². The predicted octanol–water partition coefficient (Wildman–Crippen LogP) is 7.78. The molecule has 0 bridgehead atoms. The Labute approximate surface area is 287 Å². The minimum atomic E-state index is -0.152. The number of nitrogens with zero attached hydrogens (tertiary/aromatic N) is 2. The molecule has 0 radical (unpaired) electrons. The summed E-state index contributed by atoms with van der Waals surface area (Å²) in [6, 6.07) is 14.9. The van der Waals surface area contributed by atoms with E-state index in [1.54, 1.807) is 31.0 Å². The van der Waals surface area contributed by atoms with E-state index in [2.05, 4.69) is 63.9 Å². The number of methoxy groups -OCH3 is 1. The number of hydrogen-bond acceptors (Lipinski definition) is 6. The molecule has 7 rings (SSSR count). The van der Waals surface area contributed by atoms with Crippen LogP contribution in [0.4, 0.5) is 0 Å². The number of benzene rings is 2. The number of amides is 2. The molecule has 4 unspecified atom stereocenters. The highest BCUT2D eigenvalue weighted by Crippen LogP contribution is 2.45. The van der Waals surface area contributed by atoms with E-state index in [9.17, 15) is 9.59 Å². The molecule has 9 heteroatoms. The van der Waals surface area contributed by atoms with Gasteiger partial charge in [-0.15, -0.1) is 11.3 Å². The molecule has 2 aromatic carbocycles. The van der Waals surface area contributed by atoms with E-state index < -0.39 is 0 Å². The number of carbonyl (C=O) groups excluding carboxylic acids is 2. The van der Waals surface area contributed by atoms with Crippen molar-refractivity contribution < 1.29 is 14.3 Å². The molecule has 2 heterocycles. The Morgan fingerprint density at radius 1 is 1.02 bits per heavy atom. The van der Waals surface area contributed by atoms with Crippen LogP contribution in [0, 0.1) is 18.8 Å². The van der Waals surface area contributed by atoms with E-state index in [0.29, 0.717) is 5.92 Å². The molecule has 0 aliphatic heterocycles. The summed E-state index contributed by atoms with van der Waals surface area (Å²) in [5.41, 5.74) is 5.37. The van der Waals surface area contributed by atoms with Gasteiger partial charge in [-0.2, -0.15) is 0 Å². The van der Waals surface area contributed by atoms with Crippen molar-refractivity contribution in [1.29, 1.82) is 0 Å². The Hall–Kier alpha value is -3.98. The van der Waals surface area contributed by atoms with E-state index >= 15 is 0 Å². The van der Waals surface area contributed by atoms with Gasteiger partial charge in [-0.3, -0.25) is 9.59 Å². The zero-order valence-electron chi connectivity index (χ0n) is 28.0. The summed E-state index contributed by atoms with van der Waals surface area (Å²) in [6.45, 7) is 2.07. The third kappa shape index (κ3) is 7.51. The van der Waals surface area contributed by atoms with Gasteiger partial charge in [-0.05, 0) is 92.2 Å². The van der Waals surface area contributed by atoms with E-state index in [4.69, 9.17) is 9.72 Å². The molecule has 4 aromatic rings. The first-order chi connectivity index (χ1) is 23.4. The highest BCUT2D eigenvalue weighted by atomic mass is 32.1. The molecule has 3 aliphatic carbocycles. The Kier molecular flexibility index (Phi) is 9.93. The summed E-state index contributed by atoms with van der Waals surface area (Å²) in [5.74, 6) is 2.01. The van der Waals surface area contributed by atoms with E-state index in [-0.39, 0.29) is 48.1 Å². The maximum absolute atomic E-state index is 13.9. The predicted molar refractivity (Wildman–Crippen MR) is 189 cm³/mol. The normalized spacial score (nSPS) is 22.2. The highest BCUT2D eigenvalue weighted by molar-refractivity contribution is 7.15. The van der Waals surface area contributed by atoms with E-state index in [1.165, 1.54) is 34.7 Å². The number of carbonyl (C=O) groups is 2. The Bertz CT molecular complexity index is 1710. The molecule has 0 spiro atoms. The lowest BCUT2D eigenvalue weighted by atomic mass is 9.71. The third-order valence-corrected chi connectivity index (χ3v) is 11.9. The largest absolute Gasteiger partial charge is 0.496 e. The average Bonchev–Trinajstić information content (AvgIpc) is 3.60. The smallest absolute Gasteiger partial charge is 0.226 e. The fraction of sp³-hybridized carbons (Fsp3) is 0.487. The SMILES string of the molecule is COc1ccc(C2CCC(C(NC(=O)C3CCCCC3)c3cccc(-c4cnc(C5CC5)s4)c3)CC2NC(=O)Cc2cnc[nH]2)cc1C. The van der Waals surface area contributed by atoms with Crippen molar-refractivity contribution in [1.82, 2.24) is 25.6 Å². The van der Waals surface area contributed by atoms with Crippen LogP contribution in [0.5, 0.6) is 5.75 Å². The number of nitrogens with one attached hydrogen (secondary N) is 3. The molecule has 2 amide bonds. The molecule has 252 valence electrons. The van der Waals surface area contributed by atoms with Gasteiger partial charge in [0.15, 0.2) is 0 Å². The van der Waals surface area contributed by atoms with Gasteiger partial charge in [0.25, 0.3) is 0 Å². The monoisotopic (exact) mass is 665 g/mol. The average molecular weight is 666 g/mol. The van der Waals surface area contributed by atoms with Crippen molar-refractivity contribution in [2.24, 2.45) is 11.8 Å². The van der Waals surface area contributed by atoms with Crippen LogP contribution in [-0.2, 0) is 16.0 Å². The van der Waals surface area contributed by atoms with Crippen molar-refractivity contribution in [2.45, 2.75) is 101 Å². The van der Waals surface area contributed by atoms with Crippen LogP contribution in [0.2, 0.25) is 0 Å². The molecule has 0 saturated heterocycles. The van der Waals surface area contributed by atoms with Gasteiger partial charge in [-0.1, -0.05) is 49.6 Å². The quantitative estimate of drug-likeness (QED) is 0.152. The molecule has 3 N–H and O–H groups in total. The number of aromatic amines is 1. The van der Waals surface area contributed by atoms with Crippen LogP contribution in [0.3, 0.4) is 0 Å². The Morgan fingerprint density at radius 3 is 2.62 bits per heavy atom. The number of aromatic nitrogens is 3. The lowest BCUT2D eigenvalue weighted by Gasteiger charge is -2.41. The summed E-state index contributed by atoms with van der Waals surface area (Å²) in [6.07, 6.45) is 16.0. The summed E-state index contributed by atoms with van der Waals surface area (Å²) in [7, 11) is 1.70. The van der Waals surface area contributed by atoms with Gasteiger partial charge < -0.3 is 20.4 Å². The van der Waals surface area contributed by atoms with Gasteiger partial charge in [0.2, 0.25) is 11.8 Å². The highest BCUT2D eigenvalue weighted by Gasteiger charge is 2.38. The minimum absolute atomic E-state index is 0.0263. The summed E-state index contributed by atoms with van der Waals surface area (Å²) < 4.78 is 5.56. The van der Waals surface area contributed by atoms with E-state index in [1.807, 2.05) is 12.3 Å². The molecule has 3 aliphatic rings. The minimum Gasteiger partial charge on any atom is -0.496 e. The summed E-state index contributed by atoms with van der Waals surface area (Å²) >= 11 is 1.80. The lowest BCUT2D eigenvalue weighted by Crippen LogP contribution is -2.47. The van der Waals surface area contributed by atoms with Crippen LogP contribution >= 0.6 is 11.3 Å². The molecule has 3 saturated carbocycles. The summed E-state index contributed by atoms with van der Waals surface area (Å²) in [5, 5.41) is 8.24. The number of ether oxygens (including phenoxy) is 1. The Morgan fingerprint density at radius 2 is 1.88 bits per heavy atom. The van der Waals surface area contributed by atoms with Crippen molar-refractivity contribution in [3.63, 3.8) is 0 Å². The second kappa shape index (κ2) is 14.6. The van der Waals surface area contributed by atoms with Crippen molar-refractivity contribution in [3.05, 3.63) is 88.6 Å². The molecular weight excluding hydrogens is 619 g/mol. The first-order valence-corrected chi connectivity index (χ1v) is 18.5. The third-order valence-electron chi connectivity index (χ3n) is 10.7. The maximum atomic E-state index is 13.9. The van der Waals surface area contributed by atoms with Crippen LogP contribution in [0.15, 0.2) is 61.2 Å². The number of H-pyrrole nitrogens is 1. The van der Waals surface area contributed by atoms with Gasteiger partial charge in [0, 0.05) is 41.9 Å². The van der Waals surface area contributed by atoms with Gasteiger partial charge in [-0.25, -0.2) is 9.97 Å². The standard InChI is InChI=1S/C39H47N5O3S/c1-24-17-27(14-16-34(24)47-2)32-15-13-30(19-33(32)43-36(45)20-31-21-40-23-42-31)37(44-38(46)25-7-4-3-5-8-25)29-10-6-9-28(18-29)35-22-41-39(48-35)26-11-12-26/h6,9-10,14,16-18,21-23,25-26,30,32-33,37H,3-5,7-8,11-13,15,19-20H2,1-2H3,(H,40,42)(H,43,45)(H,44,46). The van der Waals surface area contributed by atoms with E-state index in [0.717, 1.165) is 73.1 Å². The Balaban J connectivity index is 1.18. The molecule has 2 aromatic heterocycles. The zero-order chi connectivity index (χ0) is 33.0. The number of aryl methyl sites for hydroxylation is 1. The second-order valence-corrected chi connectivity index (χ2v) is 15.2. The zero-order valence-corrected chi connectivity index (χ0v) is 28.9. The maximum Gasteiger partial charge on any atom is 0.226 e. The summed E-state index contributed by atoms with van der Waals surface area (Å²) in [4.78, 5) is 40.4. The van der Waals surface area contributed by atoms with Crippen molar-refractivity contribution in [2.75, 3.05) is 7.11 Å². The van der Waals surface area contributed by atoms with Gasteiger partial charge in [0.1, 0.15) is 5.75 Å². The van der Waals surface area contributed by atoms with Gasteiger partial charge in [0.05, 0.1) is 35.8 Å². The lowest BCUT2D eigenvalue weighted by molar-refractivity contribution is -0.127. The van der Waals surface area contributed by atoms with Crippen LogP contribution in [0.25, 0.3) is 10.4 Å². The first kappa shape index (κ1) is 32.6. The molecule has 48 heavy (non-hydrogen) atoms. The van der Waals surface area contributed by atoms with Gasteiger partial charge >= 0.3 is 0 Å². The molecular formula is C39H47N5O3S. The second-order valence-electron chi connectivity index (χ2n) is 14.1. The number of imidazole rings is 1. The topological polar surface area (TPSA) is 109 Å². The number of thiazole rings is 1. The van der Waals surface area contributed by atoms with Crippen LogP contribution in [-0.4, -0.2) is 39.9 Å². The van der Waals surface area contributed by atoms with Crippen LogP contribution in [0.1, 0.15) is 109 Å². The van der Waals surface area contributed by atoms with Crippen molar-refractivity contribution in [3.8, 4) is 16.2 Å². The first-order valence-electron chi connectivity index (χ1n) is 17.7. The fourth-order valence-corrected chi connectivity index (χ4v) is 9.03. The van der Waals surface area contributed by atoms with Crippen molar-refractivity contribution >= 4 is 23.2 Å². The molecule has 4 atom stereocenters.